The number of Topliss-reactive ketones (excluding diaryl/α,β-unsaturated/α-hetero) is 1. The number of benzene rings is 1. The van der Waals surface area contributed by atoms with Crippen molar-refractivity contribution in [2.24, 2.45) is 11.8 Å². The van der Waals surface area contributed by atoms with E-state index in [1.807, 2.05) is 0 Å². The van der Waals surface area contributed by atoms with E-state index < -0.39 is 0 Å². The van der Waals surface area contributed by atoms with Crippen LogP contribution < -0.4 is 0 Å². The van der Waals surface area contributed by atoms with E-state index in [1.54, 1.807) is 7.11 Å². The van der Waals surface area contributed by atoms with Crippen LogP contribution in [0.1, 0.15) is 36.3 Å². The molecule has 0 radical (unpaired) electrons. The quantitative estimate of drug-likeness (QED) is 0.744. The van der Waals surface area contributed by atoms with Crippen molar-refractivity contribution in [2.75, 3.05) is 13.7 Å². The van der Waals surface area contributed by atoms with Gasteiger partial charge in [0.2, 0.25) is 0 Å². The van der Waals surface area contributed by atoms with Crippen molar-refractivity contribution in [3.8, 4) is 0 Å². The summed E-state index contributed by atoms with van der Waals surface area (Å²) in [5.41, 5.74) is 2.91. The van der Waals surface area contributed by atoms with E-state index in [0.717, 1.165) is 12.8 Å². The Balaban J connectivity index is 1.67. The smallest absolute Gasteiger partial charge is 0.136 e. The third-order valence-electron chi connectivity index (χ3n) is 4.47. The number of rotatable bonds is 5. The maximum atomic E-state index is 12.2. The molecule has 0 aliphatic heterocycles. The van der Waals surface area contributed by atoms with Gasteiger partial charge in [-0.2, -0.15) is 0 Å². The van der Waals surface area contributed by atoms with E-state index in [4.69, 9.17) is 4.74 Å². The van der Waals surface area contributed by atoms with E-state index in [2.05, 4.69) is 24.3 Å². The molecule has 0 saturated heterocycles. The van der Waals surface area contributed by atoms with Crippen molar-refractivity contribution in [3.05, 3.63) is 35.4 Å². The number of carbonyl (C=O) groups excluding carboxylic acids is 1. The lowest BCUT2D eigenvalue weighted by atomic mass is 9.92. The van der Waals surface area contributed by atoms with Crippen LogP contribution in [0.25, 0.3) is 0 Å². The Labute approximate surface area is 108 Å². The molecule has 2 nitrogen and oxygen atoms in total. The summed E-state index contributed by atoms with van der Waals surface area (Å²) in [6.07, 6.45) is 3.90. The monoisotopic (exact) mass is 244 g/mol. The fourth-order valence-electron chi connectivity index (χ4n) is 3.56. The third kappa shape index (κ3) is 1.99. The maximum absolute atomic E-state index is 12.2. The second kappa shape index (κ2) is 4.85. The SMILES string of the molecule is COCCCC(=O)C1C2CCc3ccccc3C21. The first-order valence-corrected chi connectivity index (χ1v) is 6.92. The number of carbonyl (C=O) groups is 1. The minimum atomic E-state index is 0.311. The molecular formula is C16H20O2. The Kier molecular flexibility index (Phi) is 3.21. The van der Waals surface area contributed by atoms with Crippen LogP contribution in [-0.2, 0) is 16.0 Å². The normalized spacial score (nSPS) is 28.4. The van der Waals surface area contributed by atoms with Gasteiger partial charge in [0.1, 0.15) is 5.78 Å². The lowest BCUT2D eigenvalue weighted by Gasteiger charge is -2.13. The van der Waals surface area contributed by atoms with Crippen LogP contribution in [0.4, 0.5) is 0 Å². The molecule has 0 N–H and O–H groups in total. The third-order valence-corrected chi connectivity index (χ3v) is 4.47. The average molecular weight is 244 g/mol. The Hall–Kier alpha value is -1.15. The Bertz CT molecular complexity index is 452. The van der Waals surface area contributed by atoms with Crippen LogP contribution in [0.2, 0.25) is 0 Å². The molecule has 0 heterocycles. The number of fused-ring (bicyclic) bond motifs is 3. The topological polar surface area (TPSA) is 26.3 Å². The van der Waals surface area contributed by atoms with Crippen LogP contribution in [0, 0.1) is 11.8 Å². The predicted molar refractivity (Wildman–Crippen MR) is 70.6 cm³/mol. The first-order chi connectivity index (χ1) is 8.83. The number of hydrogen-bond donors (Lipinski definition) is 0. The molecule has 3 unspecified atom stereocenters. The predicted octanol–water partition coefficient (Wildman–Crippen LogP) is 2.96. The highest BCUT2D eigenvalue weighted by Crippen LogP contribution is 2.60. The molecule has 1 aromatic carbocycles. The molecule has 2 heteroatoms. The lowest BCUT2D eigenvalue weighted by molar-refractivity contribution is -0.120. The van der Waals surface area contributed by atoms with Crippen molar-refractivity contribution < 1.29 is 9.53 Å². The zero-order valence-corrected chi connectivity index (χ0v) is 10.9. The van der Waals surface area contributed by atoms with Crippen LogP contribution in [0.5, 0.6) is 0 Å². The highest BCUT2D eigenvalue weighted by atomic mass is 16.5. The summed E-state index contributed by atoms with van der Waals surface area (Å²) >= 11 is 0. The van der Waals surface area contributed by atoms with Gasteiger partial charge in [-0.15, -0.1) is 0 Å². The van der Waals surface area contributed by atoms with Crippen molar-refractivity contribution in [2.45, 2.75) is 31.6 Å². The molecule has 1 saturated carbocycles. The van der Waals surface area contributed by atoms with E-state index in [0.29, 0.717) is 36.6 Å². The summed E-state index contributed by atoms with van der Waals surface area (Å²) in [6.45, 7) is 0.699. The van der Waals surface area contributed by atoms with Gasteiger partial charge in [0.15, 0.2) is 0 Å². The molecule has 0 spiro atoms. The summed E-state index contributed by atoms with van der Waals surface area (Å²) in [5.74, 6) is 1.93. The number of hydrogen-bond acceptors (Lipinski definition) is 2. The molecule has 2 aliphatic carbocycles. The van der Waals surface area contributed by atoms with Gasteiger partial charge in [-0.3, -0.25) is 4.79 Å². The fraction of sp³-hybridized carbons (Fsp3) is 0.562. The molecule has 2 aliphatic rings. The second-order valence-corrected chi connectivity index (χ2v) is 5.52. The van der Waals surface area contributed by atoms with Crippen molar-refractivity contribution in [3.63, 3.8) is 0 Å². The summed E-state index contributed by atoms with van der Waals surface area (Å²) < 4.78 is 5.02. The maximum Gasteiger partial charge on any atom is 0.136 e. The van der Waals surface area contributed by atoms with Gasteiger partial charge in [0, 0.05) is 26.1 Å². The highest BCUT2D eigenvalue weighted by molar-refractivity contribution is 5.86. The minimum Gasteiger partial charge on any atom is -0.385 e. The van der Waals surface area contributed by atoms with Crippen molar-refractivity contribution in [1.29, 1.82) is 0 Å². The Morgan fingerprint density at radius 3 is 3.06 bits per heavy atom. The number of ketones is 1. The lowest BCUT2D eigenvalue weighted by Crippen LogP contribution is -2.04. The van der Waals surface area contributed by atoms with Gasteiger partial charge in [-0.1, -0.05) is 24.3 Å². The number of ether oxygens (including phenoxy) is 1. The van der Waals surface area contributed by atoms with E-state index >= 15 is 0 Å². The van der Waals surface area contributed by atoms with Gasteiger partial charge in [-0.25, -0.2) is 0 Å². The van der Waals surface area contributed by atoms with Gasteiger partial charge < -0.3 is 4.74 Å². The first kappa shape index (κ1) is 11.9. The largest absolute Gasteiger partial charge is 0.385 e. The zero-order chi connectivity index (χ0) is 12.5. The molecule has 18 heavy (non-hydrogen) atoms. The number of aryl methyl sites for hydroxylation is 1. The van der Waals surface area contributed by atoms with E-state index in [1.165, 1.54) is 17.5 Å². The average Bonchev–Trinajstić information content (AvgIpc) is 3.14. The summed E-state index contributed by atoms with van der Waals surface area (Å²) in [6, 6.07) is 8.65. The van der Waals surface area contributed by atoms with Gasteiger partial charge in [-0.05, 0) is 42.2 Å². The van der Waals surface area contributed by atoms with E-state index in [9.17, 15) is 4.79 Å². The summed E-state index contributed by atoms with van der Waals surface area (Å²) in [7, 11) is 1.69. The molecule has 1 aromatic rings. The molecule has 3 atom stereocenters. The molecule has 0 aromatic heterocycles. The summed E-state index contributed by atoms with van der Waals surface area (Å²) in [5, 5.41) is 0. The molecule has 0 bridgehead atoms. The zero-order valence-electron chi connectivity index (χ0n) is 10.9. The molecule has 1 fully saturated rings. The van der Waals surface area contributed by atoms with Gasteiger partial charge in [0.25, 0.3) is 0 Å². The van der Waals surface area contributed by atoms with Crippen LogP contribution in [-0.4, -0.2) is 19.5 Å². The molecular weight excluding hydrogens is 224 g/mol. The van der Waals surface area contributed by atoms with Gasteiger partial charge in [0.05, 0.1) is 0 Å². The van der Waals surface area contributed by atoms with Crippen molar-refractivity contribution in [1.82, 2.24) is 0 Å². The molecule has 3 rings (SSSR count). The Morgan fingerprint density at radius 2 is 2.22 bits per heavy atom. The van der Waals surface area contributed by atoms with E-state index in [-0.39, 0.29) is 0 Å². The molecule has 0 amide bonds. The Morgan fingerprint density at radius 1 is 1.39 bits per heavy atom. The number of methoxy groups -OCH3 is 1. The van der Waals surface area contributed by atoms with Crippen molar-refractivity contribution >= 4 is 5.78 Å². The highest BCUT2D eigenvalue weighted by Gasteiger charge is 2.56. The standard InChI is InChI=1S/C16H20O2/c1-18-10-4-7-14(17)16-13-9-8-11-5-2-3-6-12(11)15(13)16/h2-3,5-6,13,15-16H,4,7-10H2,1H3. The van der Waals surface area contributed by atoms with Crippen LogP contribution in [0.3, 0.4) is 0 Å². The first-order valence-electron chi connectivity index (χ1n) is 6.92. The fourth-order valence-corrected chi connectivity index (χ4v) is 3.56. The summed E-state index contributed by atoms with van der Waals surface area (Å²) in [4.78, 5) is 12.2. The van der Waals surface area contributed by atoms with Crippen LogP contribution >= 0.6 is 0 Å². The van der Waals surface area contributed by atoms with Crippen LogP contribution in [0.15, 0.2) is 24.3 Å². The second-order valence-electron chi connectivity index (χ2n) is 5.52. The van der Waals surface area contributed by atoms with Gasteiger partial charge >= 0.3 is 0 Å². The molecule has 96 valence electrons. The minimum absolute atomic E-state index is 0.311.